The number of hydrogen-bond acceptors (Lipinski definition) is 10. The molecule has 11 nitrogen and oxygen atoms in total. The summed E-state index contributed by atoms with van der Waals surface area (Å²) >= 11 is 2.70. The maximum absolute atomic E-state index is 12.3. The van der Waals surface area contributed by atoms with E-state index in [0.717, 1.165) is 15.8 Å². The average Bonchev–Trinajstić information content (AvgIpc) is 3.57. The van der Waals surface area contributed by atoms with Gasteiger partial charge in [0.15, 0.2) is 4.34 Å². The highest BCUT2D eigenvalue weighted by Gasteiger charge is 2.12. The number of nitrogens with one attached hydrogen (secondary N) is 1. The number of nitrogens with zero attached hydrogens (tertiary/aromatic N) is 4. The van der Waals surface area contributed by atoms with Crippen LogP contribution in [-0.4, -0.2) is 32.7 Å². The Hall–Kier alpha value is -4.88. The molecule has 0 bridgehead atoms. The number of thioether (sulfide) groups is 1. The number of aromatic nitrogens is 1. The molecule has 0 spiro atoms. The highest BCUT2D eigenvalue weighted by Crippen LogP contribution is 2.32. The molecule has 0 unspecified atom stereocenters. The number of nitro benzene ring substituents is 2. The average molecular weight is 560 g/mol. The van der Waals surface area contributed by atoms with Gasteiger partial charge < -0.3 is 9.73 Å². The van der Waals surface area contributed by atoms with Crippen molar-refractivity contribution in [2.24, 2.45) is 4.99 Å². The molecule has 194 valence electrons. The van der Waals surface area contributed by atoms with Crippen LogP contribution in [0.2, 0.25) is 0 Å². The van der Waals surface area contributed by atoms with Gasteiger partial charge in [0, 0.05) is 35.5 Å². The zero-order valence-electron chi connectivity index (χ0n) is 19.8. The summed E-state index contributed by atoms with van der Waals surface area (Å²) in [5, 5.41) is 24.4. The molecule has 5 rings (SSSR count). The topological polar surface area (TPSA) is 154 Å². The first-order chi connectivity index (χ1) is 18.8. The molecule has 1 N–H and O–H groups in total. The zero-order chi connectivity index (χ0) is 27.4. The molecule has 5 aromatic rings. The second kappa shape index (κ2) is 11.2. The molecule has 3 aromatic carbocycles. The van der Waals surface area contributed by atoms with Crippen LogP contribution in [0.25, 0.3) is 21.5 Å². The van der Waals surface area contributed by atoms with Crippen molar-refractivity contribution in [3.8, 4) is 11.3 Å². The quantitative estimate of drug-likeness (QED) is 0.0889. The van der Waals surface area contributed by atoms with Crippen molar-refractivity contribution in [1.82, 2.24) is 4.98 Å². The lowest BCUT2D eigenvalue weighted by molar-refractivity contribution is -0.385. The van der Waals surface area contributed by atoms with Crippen molar-refractivity contribution < 1.29 is 19.1 Å². The van der Waals surface area contributed by atoms with E-state index in [0.29, 0.717) is 27.2 Å². The Morgan fingerprint density at radius 2 is 1.79 bits per heavy atom. The molecule has 2 heterocycles. The lowest BCUT2D eigenvalue weighted by Crippen LogP contribution is -2.13. The Bertz CT molecular complexity index is 1730. The van der Waals surface area contributed by atoms with E-state index in [1.807, 2.05) is 18.2 Å². The molecular formula is C26H17N5O6S2. The number of thiazole rings is 1. The molecule has 0 atom stereocenters. The highest BCUT2D eigenvalue weighted by molar-refractivity contribution is 8.01. The van der Waals surface area contributed by atoms with Crippen LogP contribution in [-0.2, 0) is 4.79 Å². The van der Waals surface area contributed by atoms with Gasteiger partial charge in [0.2, 0.25) is 5.91 Å². The van der Waals surface area contributed by atoms with Gasteiger partial charge in [0.1, 0.15) is 11.5 Å². The number of carbonyl (C=O) groups is 1. The highest BCUT2D eigenvalue weighted by atomic mass is 32.2. The van der Waals surface area contributed by atoms with Crippen LogP contribution in [0.1, 0.15) is 5.76 Å². The predicted molar refractivity (Wildman–Crippen MR) is 150 cm³/mol. The summed E-state index contributed by atoms with van der Waals surface area (Å²) in [7, 11) is 0. The molecule has 0 saturated heterocycles. The number of furan rings is 1. The predicted octanol–water partition coefficient (Wildman–Crippen LogP) is 6.85. The Kier molecular flexibility index (Phi) is 7.43. The van der Waals surface area contributed by atoms with Crippen LogP contribution in [0.3, 0.4) is 0 Å². The Labute approximate surface area is 228 Å². The van der Waals surface area contributed by atoms with Crippen LogP contribution < -0.4 is 5.32 Å². The number of rotatable bonds is 9. The van der Waals surface area contributed by atoms with E-state index < -0.39 is 9.85 Å². The summed E-state index contributed by atoms with van der Waals surface area (Å²) in [6.45, 7) is 0. The molecule has 1 amide bonds. The first-order valence-electron chi connectivity index (χ1n) is 11.3. The van der Waals surface area contributed by atoms with Crippen LogP contribution in [0.15, 0.2) is 92.6 Å². The van der Waals surface area contributed by atoms with E-state index >= 15 is 0 Å². The van der Waals surface area contributed by atoms with E-state index in [2.05, 4.69) is 15.3 Å². The first-order valence-corrected chi connectivity index (χ1v) is 13.1. The Morgan fingerprint density at radius 1 is 1.00 bits per heavy atom. The fourth-order valence-corrected chi connectivity index (χ4v) is 5.42. The summed E-state index contributed by atoms with van der Waals surface area (Å²) in [6, 6.07) is 21.0. The van der Waals surface area contributed by atoms with Gasteiger partial charge >= 0.3 is 0 Å². The minimum absolute atomic E-state index is 0.0101. The second-order valence-corrected chi connectivity index (χ2v) is 10.3. The number of aliphatic imine (C=N–C) groups is 1. The SMILES string of the molecule is O=C(CSc1nc2ccc(N=Cc3ccc(-c4ccc([N+](=O)[O-])cc4)o3)cc2s1)Nc1cccc([N+](=O)[O-])c1. The van der Waals surface area contributed by atoms with E-state index in [-0.39, 0.29) is 23.0 Å². The van der Waals surface area contributed by atoms with E-state index in [4.69, 9.17) is 4.42 Å². The molecule has 0 aliphatic heterocycles. The Morgan fingerprint density at radius 3 is 2.56 bits per heavy atom. The maximum Gasteiger partial charge on any atom is 0.271 e. The van der Waals surface area contributed by atoms with E-state index in [9.17, 15) is 25.0 Å². The van der Waals surface area contributed by atoms with Crippen LogP contribution in [0.5, 0.6) is 0 Å². The first kappa shape index (κ1) is 25.8. The third-order valence-corrected chi connectivity index (χ3v) is 7.51. The Balaban J connectivity index is 1.20. The molecule has 0 fully saturated rings. The number of non-ortho nitro benzene ring substituents is 2. The van der Waals surface area contributed by atoms with Gasteiger partial charge in [-0.05, 0) is 48.5 Å². The number of amides is 1. The van der Waals surface area contributed by atoms with Crippen molar-refractivity contribution in [2.75, 3.05) is 11.1 Å². The number of nitro groups is 2. The number of benzene rings is 3. The van der Waals surface area contributed by atoms with Gasteiger partial charge in [0.25, 0.3) is 11.4 Å². The third-order valence-electron chi connectivity index (χ3n) is 5.35. The molecular weight excluding hydrogens is 542 g/mol. The number of anilines is 1. The van der Waals surface area contributed by atoms with Gasteiger partial charge in [-0.15, -0.1) is 11.3 Å². The number of fused-ring (bicyclic) bond motifs is 1. The molecule has 0 radical (unpaired) electrons. The molecule has 0 saturated carbocycles. The van der Waals surface area contributed by atoms with Gasteiger partial charge in [-0.1, -0.05) is 17.8 Å². The second-order valence-electron chi connectivity index (χ2n) is 8.04. The van der Waals surface area contributed by atoms with Gasteiger partial charge in [0.05, 0.1) is 37.7 Å². The van der Waals surface area contributed by atoms with Gasteiger partial charge in [-0.2, -0.15) is 0 Å². The standard InChI is InChI=1S/C26H17N5O6S2/c32-25(28-18-2-1-3-20(12-18)31(35)36)15-38-26-29-22-10-6-17(13-24(22)39-26)27-14-21-9-11-23(37-21)16-4-7-19(8-5-16)30(33)34/h1-14H,15H2,(H,28,32). The number of hydrogen-bond donors (Lipinski definition) is 1. The fourth-order valence-electron chi connectivity index (χ4n) is 3.52. The van der Waals surface area contributed by atoms with E-state index in [1.54, 1.807) is 36.5 Å². The monoisotopic (exact) mass is 559 g/mol. The smallest absolute Gasteiger partial charge is 0.271 e. The summed E-state index contributed by atoms with van der Waals surface area (Å²) in [5.74, 6) is 0.902. The fraction of sp³-hybridized carbons (Fsp3) is 0.0385. The molecule has 0 aliphatic rings. The summed E-state index contributed by atoms with van der Waals surface area (Å²) in [4.78, 5) is 42.1. The van der Waals surface area contributed by atoms with Crippen molar-refractivity contribution in [1.29, 1.82) is 0 Å². The number of carbonyl (C=O) groups excluding carboxylic acids is 1. The van der Waals surface area contributed by atoms with Crippen LogP contribution >= 0.6 is 23.1 Å². The van der Waals surface area contributed by atoms with Gasteiger partial charge in [-0.25, -0.2) is 4.98 Å². The van der Waals surface area contributed by atoms with Crippen LogP contribution in [0, 0.1) is 20.2 Å². The van der Waals surface area contributed by atoms with Crippen molar-refractivity contribution >= 4 is 68.2 Å². The largest absolute Gasteiger partial charge is 0.455 e. The molecule has 13 heteroatoms. The van der Waals surface area contributed by atoms with Crippen molar-refractivity contribution in [2.45, 2.75) is 4.34 Å². The summed E-state index contributed by atoms with van der Waals surface area (Å²) < 4.78 is 7.40. The zero-order valence-corrected chi connectivity index (χ0v) is 21.5. The normalized spacial score (nSPS) is 11.2. The summed E-state index contributed by atoms with van der Waals surface area (Å²) in [6.07, 6.45) is 1.59. The van der Waals surface area contributed by atoms with Crippen molar-refractivity contribution in [3.63, 3.8) is 0 Å². The lowest BCUT2D eigenvalue weighted by atomic mass is 10.1. The molecule has 39 heavy (non-hydrogen) atoms. The minimum atomic E-state index is -0.516. The van der Waals surface area contributed by atoms with Crippen LogP contribution in [0.4, 0.5) is 22.7 Å². The molecule has 0 aliphatic carbocycles. The lowest BCUT2D eigenvalue weighted by Gasteiger charge is -2.03. The summed E-state index contributed by atoms with van der Waals surface area (Å²) in [5.41, 5.74) is 2.46. The van der Waals surface area contributed by atoms with Gasteiger partial charge in [-0.3, -0.25) is 30.0 Å². The maximum atomic E-state index is 12.3. The molecule has 2 aromatic heterocycles. The minimum Gasteiger partial charge on any atom is -0.455 e. The van der Waals surface area contributed by atoms with Crippen molar-refractivity contribution in [3.05, 3.63) is 105 Å². The van der Waals surface area contributed by atoms with E-state index in [1.165, 1.54) is 53.4 Å². The third kappa shape index (κ3) is 6.34.